The molecular formula is C26H21FN6O2. The molecule has 8 nitrogen and oxygen atoms in total. The summed E-state index contributed by atoms with van der Waals surface area (Å²) in [5.41, 5.74) is 5.18. The van der Waals surface area contributed by atoms with Crippen molar-refractivity contribution in [3.63, 3.8) is 0 Å². The van der Waals surface area contributed by atoms with Gasteiger partial charge in [0, 0.05) is 35.2 Å². The summed E-state index contributed by atoms with van der Waals surface area (Å²) < 4.78 is 13.8. The lowest BCUT2D eigenvalue weighted by atomic mass is 9.85. The highest BCUT2D eigenvalue weighted by molar-refractivity contribution is 5.91. The first kappa shape index (κ1) is 21.2. The van der Waals surface area contributed by atoms with Gasteiger partial charge < -0.3 is 10.1 Å². The maximum Gasteiger partial charge on any atom is 0.312 e. The molecule has 2 atom stereocenters. The summed E-state index contributed by atoms with van der Waals surface area (Å²) in [4.78, 5) is 18.0. The average Bonchev–Trinajstić information content (AvgIpc) is 3.53. The zero-order valence-corrected chi connectivity index (χ0v) is 18.5. The average molecular weight is 468 g/mol. The van der Waals surface area contributed by atoms with Gasteiger partial charge in [0.05, 0.1) is 12.0 Å². The quantitative estimate of drug-likeness (QED) is 0.356. The van der Waals surface area contributed by atoms with E-state index >= 15 is 0 Å². The molecule has 0 spiro atoms. The maximum absolute atomic E-state index is 13.8. The Kier molecular flexibility index (Phi) is 5.11. The number of hydrogen-bond donors (Lipinski definition) is 3. The molecule has 1 unspecified atom stereocenters. The minimum atomic E-state index is -0.876. The molecule has 6 rings (SSSR count). The Morgan fingerprint density at radius 1 is 1.09 bits per heavy atom. The second kappa shape index (κ2) is 8.44. The lowest BCUT2D eigenvalue weighted by molar-refractivity contribution is -0.139. The number of benzene rings is 3. The van der Waals surface area contributed by atoms with E-state index in [0.29, 0.717) is 18.9 Å². The molecule has 1 aliphatic rings. The van der Waals surface area contributed by atoms with Crippen molar-refractivity contribution in [2.45, 2.75) is 18.5 Å². The number of para-hydroxylation sites is 1. The monoisotopic (exact) mass is 468 g/mol. The van der Waals surface area contributed by atoms with Crippen molar-refractivity contribution in [1.82, 2.24) is 30.5 Å². The first-order valence-corrected chi connectivity index (χ1v) is 11.2. The first-order valence-electron chi connectivity index (χ1n) is 11.2. The van der Waals surface area contributed by atoms with E-state index in [-0.39, 0.29) is 11.9 Å². The molecule has 2 aromatic heterocycles. The molecule has 3 N–H and O–H groups in total. The van der Waals surface area contributed by atoms with Crippen LogP contribution in [0.2, 0.25) is 0 Å². The van der Waals surface area contributed by atoms with Gasteiger partial charge in [0.25, 0.3) is 0 Å². The van der Waals surface area contributed by atoms with Gasteiger partial charge in [-0.15, -0.1) is 10.2 Å². The van der Waals surface area contributed by atoms with E-state index in [9.17, 15) is 14.3 Å². The molecule has 0 amide bonds. The number of nitrogens with zero attached hydrogens (tertiary/aromatic N) is 4. The van der Waals surface area contributed by atoms with Crippen molar-refractivity contribution in [3.05, 3.63) is 101 Å². The SMILES string of the molecule is O=C(O)[C@@H]1CN(Cc2cccc(-c3nn[nH]n3)c2)C(c2ccc(F)cc2)c2[nH]c3ccccc3c21. The molecule has 1 aliphatic heterocycles. The van der Waals surface area contributed by atoms with E-state index in [4.69, 9.17) is 0 Å². The van der Waals surface area contributed by atoms with Crippen molar-refractivity contribution in [3.8, 4) is 11.4 Å². The fourth-order valence-electron chi connectivity index (χ4n) is 5.10. The predicted octanol–water partition coefficient (Wildman–Crippen LogP) is 4.26. The van der Waals surface area contributed by atoms with Crippen molar-refractivity contribution in [2.24, 2.45) is 0 Å². The van der Waals surface area contributed by atoms with Crippen LogP contribution in [0.25, 0.3) is 22.3 Å². The number of H-pyrrole nitrogens is 2. The van der Waals surface area contributed by atoms with Gasteiger partial charge in [0.2, 0.25) is 5.82 Å². The smallest absolute Gasteiger partial charge is 0.312 e. The molecule has 3 heterocycles. The second-order valence-corrected chi connectivity index (χ2v) is 8.71. The van der Waals surface area contributed by atoms with Gasteiger partial charge in [-0.1, -0.05) is 48.5 Å². The Morgan fingerprint density at radius 3 is 2.69 bits per heavy atom. The summed E-state index contributed by atoms with van der Waals surface area (Å²) in [7, 11) is 0. The maximum atomic E-state index is 13.8. The molecule has 0 saturated heterocycles. The fraction of sp³-hybridized carbons (Fsp3) is 0.154. The summed E-state index contributed by atoms with van der Waals surface area (Å²) in [5, 5.41) is 25.3. The number of tetrazole rings is 1. The zero-order valence-electron chi connectivity index (χ0n) is 18.5. The molecule has 9 heteroatoms. The molecule has 5 aromatic rings. The summed E-state index contributed by atoms with van der Waals surface area (Å²) in [6, 6.07) is 21.7. The van der Waals surface area contributed by atoms with Crippen LogP contribution in [0, 0.1) is 5.82 Å². The summed E-state index contributed by atoms with van der Waals surface area (Å²) in [5.74, 6) is -1.41. The third kappa shape index (κ3) is 3.75. The van der Waals surface area contributed by atoms with Crippen molar-refractivity contribution < 1.29 is 14.3 Å². The van der Waals surface area contributed by atoms with Crippen LogP contribution < -0.4 is 0 Å². The fourth-order valence-corrected chi connectivity index (χ4v) is 5.10. The van der Waals surface area contributed by atoms with Crippen LogP contribution in [0.15, 0.2) is 72.8 Å². The van der Waals surface area contributed by atoms with Crippen molar-refractivity contribution in [1.29, 1.82) is 0 Å². The van der Waals surface area contributed by atoms with Crippen LogP contribution in [-0.2, 0) is 11.3 Å². The third-order valence-corrected chi connectivity index (χ3v) is 6.58. The van der Waals surface area contributed by atoms with Crippen LogP contribution in [0.3, 0.4) is 0 Å². The second-order valence-electron chi connectivity index (χ2n) is 8.71. The number of carbonyl (C=O) groups is 1. The van der Waals surface area contributed by atoms with Crippen LogP contribution in [0.4, 0.5) is 4.39 Å². The van der Waals surface area contributed by atoms with Crippen molar-refractivity contribution >= 4 is 16.9 Å². The highest BCUT2D eigenvalue weighted by Gasteiger charge is 2.40. The Morgan fingerprint density at radius 2 is 1.91 bits per heavy atom. The highest BCUT2D eigenvalue weighted by atomic mass is 19.1. The number of hydrogen-bond acceptors (Lipinski definition) is 5. The van der Waals surface area contributed by atoms with Crippen LogP contribution in [-0.4, -0.2) is 48.1 Å². The number of rotatable bonds is 5. The highest BCUT2D eigenvalue weighted by Crippen LogP contribution is 2.44. The topological polar surface area (TPSA) is 111 Å². The predicted molar refractivity (Wildman–Crippen MR) is 127 cm³/mol. The molecule has 0 aliphatic carbocycles. The molecule has 35 heavy (non-hydrogen) atoms. The van der Waals surface area contributed by atoms with Gasteiger partial charge in [-0.3, -0.25) is 9.69 Å². The van der Waals surface area contributed by atoms with E-state index in [2.05, 4.69) is 30.5 Å². The van der Waals surface area contributed by atoms with E-state index < -0.39 is 11.9 Å². The lowest BCUT2D eigenvalue weighted by Gasteiger charge is -2.39. The number of nitrogens with one attached hydrogen (secondary N) is 2. The minimum Gasteiger partial charge on any atom is -0.481 e. The van der Waals surface area contributed by atoms with E-state index in [1.807, 2.05) is 48.5 Å². The molecule has 0 bridgehead atoms. The Labute approximate surface area is 199 Å². The van der Waals surface area contributed by atoms with E-state index in [1.54, 1.807) is 12.1 Å². The van der Waals surface area contributed by atoms with Gasteiger partial charge in [-0.05, 0) is 46.2 Å². The molecule has 0 radical (unpaired) electrons. The number of carboxylic acids is 1. The number of aromatic nitrogens is 5. The van der Waals surface area contributed by atoms with Gasteiger partial charge >= 0.3 is 5.97 Å². The third-order valence-electron chi connectivity index (χ3n) is 6.58. The standard InChI is InChI=1S/C26H21FN6O2/c27-18-10-8-16(9-11-18)24-23-22(19-6-1-2-7-21(19)28-23)20(26(34)35)14-33(24)13-15-4-3-5-17(12-15)25-29-31-32-30-25/h1-12,20,24,28H,13-14H2,(H,34,35)(H,29,30,31,32)/t20-,24?/m1/s1. The normalized spacial score (nSPS) is 18.0. The zero-order chi connectivity index (χ0) is 23.9. The van der Waals surface area contributed by atoms with Gasteiger partial charge in [0.1, 0.15) is 5.82 Å². The van der Waals surface area contributed by atoms with Gasteiger partial charge in [-0.25, -0.2) is 4.39 Å². The molecular weight excluding hydrogens is 447 g/mol. The summed E-state index contributed by atoms with van der Waals surface area (Å²) in [6.07, 6.45) is 0. The Hall–Kier alpha value is -4.37. The largest absolute Gasteiger partial charge is 0.481 e. The minimum absolute atomic E-state index is 0.276. The van der Waals surface area contributed by atoms with Crippen molar-refractivity contribution in [2.75, 3.05) is 6.54 Å². The van der Waals surface area contributed by atoms with E-state index in [1.165, 1.54) is 12.1 Å². The van der Waals surface area contributed by atoms with E-state index in [0.717, 1.165) is 38.9 Å². The number of fused-ring (bicyclic) bond motifs is 3. The number of aromatic amines is 2. The first-order chi connectivity index (χ1) is 17.1. The van der Waals surface area contributed by atoms with Gasteiger partial charge in [0.15, 0.2) is 0 Å². The summed E-state index contributed by atoms with van der Waals surface area (Å²) in [6.45, 7) is 0.783. The number of halogens is 1. The van der Waals surface area contributed by atoms with Crippen LogP contribution in [0.5, 0.6) is 0 Å². The Bertz CT molecular complexity index is 1510. The molecule has 0 fully saturated rings. The lowest BCUT2D eigenvalue weighted by Crippen LogP contribution is -2.40. The molecule has 0 saturated carbocycles. The molecule has 3 aromatic carbocycles. The van der Waals surface area contributed by atoms with Gasteiger partial charge in [-0.2, -0.15) is 5.21 Å². The van der Waals surface area contributed by atoms with Crippen LogP contribution in [0.1, 0.15) is 34.3 Å². The summed E-state index contributed by atoms with van der Waals surface area (Å²) >= 11 is 0. The number of aliphatic carboxylic acids is 1. The Balaban J connectivity index is 1.48. The molecule has 174 valence electrons. The number of carboxylic acid groups (broad SMARTS) is 1. The van der Waals surface area contributed by atoms with Crippen LogP contribution >= 0.6 is 0 Å².